The molecule has 0 aromatic carbocycles. The second-order valence-corrected chi connectivity index (χ2v) is 6.28. The third-order valence-corrected chi connectivity index (χ3v) is 4.26. The first-order valence-corrected chi connectivity index (χ1v) is 8.43. The highest BCUT2D eigenvalue weighted by atomic mass is 16.4. The van der Waals surface area contributed by atoms with Crippen molar-refractivity contribution < 1.29 is 39.6 Å². The van der Waals surface area contributed by atoms with Crippen LogP contribution < -0.4 is 16.4 Å². The summed E-state index contributed by atoms with van der Waals surface area (Å²) >= 11 is 0. The van der Waals surface area contributed by atoms with E-state index in [-0.39, 0.29) is 13.0 Å². The molecule has 1 saturated heterocycles. The molecular formula is C15H26N4O8. The van der Waals surface area contributed by atoms with Crippen molar-refractivity contribution >= 4 is 23.7 Å². The lowest BCUT2D eigenvalue weighted by molar-refractivity contribution is -0.146. The molecule has 27 heavy (non-hydrogen) atoms. The van der Waals surface area contributed by atoms with E-state index in [9.17, 15) is 29.4 Å². The highest BCUT2D eigenvalue weighted by Gasteiger charge is 2.39. The van der Waals surface area contributed by atoms with Gasteiger partial charge in [0.1, 0.15) is 24.2 Å². The second-order valence-electron chi connectivity index (χ2n) is 6.28. The molecule has 0 bridgehead atoms. The van der Waals surface area contributed by atoms with Crippen LogP contribution >= 0.6 is 0 Å². The number of amides is 3. The van der Waals surface area contributed by atoms with Crippen LogP contribution in [0.4, 0.5) is 0 Å². The van der Waals surface area contributed by atoms with Crippen molar-refractivity contribution in [3.8, 4) is 0 Å². The maximum absolute atomic E-state index is 12.6. The number of likely N-dealkylation sites (tertiary alicyclic amines) is 1. The molecule has 1 heterocycles. The quantitative estimate of drug-likeness (QED) is 0.203. The topological polar surface area (TPSA) is 203 Å². The number of carbonyl (C=O) groups is 4. The van der Waals surface area contributed by atoms with Crippen molar-refractivity contribution in [2.75, 3.05) is 19.8 Å². The molecule has 0 aromatic rings. The molecular weight excluding hydrogens is 364 g/mol. The number of hydrogen-bond acceptors (Lipinski definition) is 8. The van der Waals surface area contributed by atoms with Gasteiger partial charge < -0.3 is 41.7 Å². The van der Waals surface area contributed by atoms with Crippen molar-refractivity contribution in [2.45, 2.75) is 50.0 Å². The zero-order valence-corrected chi connectivity index (χ0v) is 14.9. The van der Waals surface area contributed by atoms with E-state index >= 15 is 0 Å². The number of nitrogens with zero attached hydrogens (tertiary/aromatic N) is 1. The van der Waals surface area contributed by atoms with Crippen molar-refractivity contribution in [1.29, 1.82) is 0 Å². The lowest BCUT2D eigenvalue weighted by Gasteiger charge is -2.29. The summed E-state index contributed by atoms with van der Waals surface area (Å²) in [5.74, 6) is -3.76. The number of carboxylic acids is 1. The molecule has 1 fully saturated rings. The van der Waals surface area contributed by atoms with Gasteiger partial charge in [-0.25, -0.2) is 4.79 Å². The molecule has 5 atom stereocenters. The van der Waals surface area contributed by atoms with Gasteiger partial charge in [0.15, 0.2) is 0 Å². The Bertz CT molecular complexity index is 570. The predicted octanol–water partition coefficient (Wildman–Crippen LogP) is -4.28. The van der Waals surface area contributed by atoms with Crippen LogP contribution in [0.2, 0.25) is 0 Å². The molecule has 1 rings (SSSR count). The van der Waals surface area contributed by atoms with Crippen LogP contribution in [-0.4, -0.2) is 99.0 Å². The zero-order chi connectivity index (χ0) is 20.7. The van der Waals surface area contributed by atoms with Gasteiger partial charge >= 0.3 is 5.97 Å². The third kappa shape index (κ3) is 5.85. The Balaban J connectivity index is 2.82. The lowest BCUT2D eigenvalue weighted by atomic mass is 10.1. The van der Waals surface area contributed by atoms with Gasteiger partial charge in [-0.1, -0.05) is 0 Å². The van der Waals surface area contributed by atoms with Gasteiger partial charge in [0.2, 0.25) is 17.7 Å². The SMILES string of the molecule is CC(O)C(N)C(=O)NC(CO)C(=O)N1CCCC1C(=O)NC(CO)C(=O)O. The molecule has 5 unspecified atom stereocenters. The second kappa shape index (κ2) is 10.2. The molecule has 1 aliphatic rings. The van der Waals surface area contributed by atoms with Crippen LogP contribution in [0, 0.1) is 0 Å². The third-order valence-electron chi connectivity index (χ3n) is 4.26. The molecule has 8 N–H and O–H groups in total. The number of aliphatic hydroxyl groups is 3. The highest BCUT2D eigenvalue weighted by molar-refractivity contribution is 5.94. The van der Waals surface area contributed by atoms with Gasteiger partial charge in [0.05, 0.1) is 19.3 Å². The minimum absolute atomic E-state index is 0.169. The first-order chi connectivity index (χ1) is 12.6. The van der Waals surface area contributed by atoms with Crippen LogP contribution in [-0.2, 0) is 19.2 Å². The average Bonchev–Trinajstić information content (AvgIpc) is 3.11. The fourth-order valence-electron chi connectivity index (χ4n) is 2.63. The van der Waals surface area contributed by atoms with Gasteiger partial charge in [0, 0.05) is 6.54 Å². The van der Waals surface area contributed by atoms with E-state index in [4.69, 9.17) is 15.9 Å². The molecule has 3 amide bonds. The number of nitrogens with two attached hydrogens (primary N) is 1. The van der Waals surface area contributed by atoms with E-state index in [1.54, 1.807) is 0 Å². The van der Waals surface area contributed by atoms with Crippen molar-refractivity contribution in [2.24, 2.45) is 5.73 Å². The summed E-state index contributed by atoms with van der Waals surface area (Å²) in [7, 11) is 0. The van der Waals surface area contributed by atoms with Gasteiger partial charge in [-0.05, 0) is 19.8 Å². The number of nitrogens with one attached hydrogen (secondary N) is 2. The minimum Gasteiger partial charge on any atom is -0.480 e. The number of hydrogen-bond donors (Lipinski definition) is 7. The van der Waals surface area contributed by atoms with E-state index in [1.165, 1.54) is 6.92 Å². The lowest BCUT2D eigenvalue weighted by Crippen LogP contribution is -2.59. The molecule has 12 nitrogen and oxygen atoms in total. The summed E-state index contributed by atoms with van der Waals surface area (Å²) in [6.45, 7) is -0.103. The maximum Gasteiger partial charge on any atom is 0.328 e. The number of carbonyl (C=O) groups excluding carboxylic acids is 3. The molecule has 12 heteroatoms. The Morgan fingerprint density at radius 3 is 2.22 bits per heavy atom. The van der Waals surface area contributed by atoms with Crippen molar-refractivity contribution in [1.82, 2.24) is 15.5 Å². The normalized spacial score (nSPS) is 21.1. The predicted molar refractivity (Wildman–Crippen MR) is 90.1 cm³/mol. The molecule has 154 valence electrons. The van der Waals surface area contributed by atoms with E-state index in [1.807, 2.05) is 0 Å². The highest BCUT2D eigenvalue weighted by Crippen LogP contribution is 2.19. The van der Waals surface area contributed by atoms with Crippen LogP contribution in [0.15, 0.2) is 0 Å². The zero-order valence-electron chi connectivity index (χ0n) is 14.9. The molecule has 0 saturated carbocycles. The first-order valence-electron chi connectivity index (χ1n) is 8.43. The summed E-state index contributed by atoms with van der Waals surface area (Å²) < 4.78 is 0. The maximum atomic E-state index is 12.6. The number of aliphatic hydroxyl groups excluding tert-OH is 3. The first kappa shape index (κ1) is 22.8. The van der Waals surface area contributed by atoms with Crippen molar-refractivity contribution in [3.63, 3.8) is 0 Å². The standard InChI is InChI=1S/C15H26N4O8/c1-7(22)11(16)13(24)17-8(5-20)14(25)19-4-2-3-10(19)12(23)18-9(6-21)15(26)27/h7-11,20-22H,2-6,16H2,1H3,(H,17,24)(H,18,23)(H,26,27). The Morgan fingerprint density at radius 1 is 1.15 bits per heavy atom. The Kier molecular flexibility index (Phi) is 8.56. The van der Waals surface area contributed by atoms with Gasteiger partial charge in [-0.2, -0.15) is 0 Å². The molecule has 1 aliphatic heterocycles. The monoisotopic (exact) mass is 390 g/mol. The molecule has 0 radical (unpaired) electrons. The summed E-state index contributed by atoms with van der Waals surface area (Å²) in [4.78, 5) is 48.8. The summed E-state index contributed by atoms with van der Waals surface area (Å²) in [5, 5.41) is 41.0. The largest absolute Gasteiger partial charge is 0.480 e. The van der Waals surface area contributed by atoms with Crippen LogP contribution in [0.3, 0.4) is 0 Å². The van der Waals surface area contributed by atoms with E-state index in [2.05, 4.69) is 10.6 Å². The number of rotatable bonds is 9. The van der Waals surface area contributed by atoms with Crippen molar-refractivity contribution in [3.05, 3.63) is 0 Å². The van der Waals surface area contributed by atoms with Gasteiger partial charge in [-0.3, -0.25) is 14.4 Å². The summed E-state index contributed by atoms with van der Waals surface area (Å²) in [5.41, 5.74) is 5.48. The van der Waals surface area contributed by atoms with Gasteiger partial charge in [0.25, 0.3) is 0 Å². The number of carboxylic acid groups (broad SMARTS) is 1. The Morgan fingerprint density at radius 2 is 1.74 bits per heavy atom. The Labute approximate surface area is 155 Å². The van der Waals surface area contributed by atoms with Crippen LogP contribution in [0.1, 0.15) is 19.8 Å². The molecule has 0 spiro atoms. The van der Waals surface area contributed by atoms with Crippen LogP contribution in [0.5, 0.6) is 0 Å². The number of aliphatic carboxylic acids is 1. The summed E-state index contributed by atoms with van der Waals surface area (Å²) in [6.07, 6.45) is -0.453. The summed E-state index contributed by atoms with van der Waals surface area (Å²) in [6, 6.07) is -5.18. The fourth-order valence-corrected chi connectivity index (χ4v) is 2.63. The average molecular weight is 390 g/mol. The molecule has 0 aromatic heterocycles. The van der Waals surface area contributed by atoms with E-state index < -0.39 is 67.2 Å². The van der Waals surface area contributed by atoms with E-state index in [0.717, 1.165) is 4.90 Å². The smallest absolute Gasteiger partial charge is 0.328 e. The minimum atomic E-state index is -1.51. The van der Waals surface area contributed by atoms with Crippen LogP contribution in [0.25, 0.3) is 0 Å². The fraction of sp³-hybridized carbons (Fsp3) is 0.733. The molecule has 0 aliphatic carbocycles. The van der Waals surface area contributed by atoms with Gasteiger partial charge in [-0.15, -0.1) is 0 Å². The Hall–Kier alpha value is -2.28. The van der Waals surface area contributed by atoms with E-state index in [0.29, 0.717) is 6.42 Å².